The molecule has 23 heavy (non-hydrogen) atoms. The first-order valence-corrected chi connectivity index (χ1v) is 9.15. The summed E-state index contributed by atoms with van der Waals surface area (Å²) in [5.41, 5.74) is 0. The Morgan fingerprint density at radius 2 is 0.957 bits per heavy atom. The summed E-state index contributed by atoms with van der Waals surface area (Å²) in [6, 6.07) is 0. The molecule has 0 atom stereocenters. The van der Waals surface area contributed by atoms with Crippen molar-refractivity contribution in [1.82, 2.24) is 0 Å². The van der Waals surface area contributed by atoms with Crippen LogP contribution < -0.4 is 0 Å². The van der Waals surface area contributed by atoms with E-state index in [1.165, 1.54) is 0 Å². The summed E-state index contributed by atoms with van der Waals surface area (Å²) in [5, 5.41) is -1.70. The normalized spacial score (nSPS) is 14.2. The summed E-state index contributed by atoms with van der Waals surface area (Å²) in [6.45, 7) is -1.77. The first-order valence-electron chi connectivity index (χ1n) is 6.00. The molecule has 0 bridgehead atoms. The summed E-state index contributed by atoms with van der Waals surface area (Å²) in [6.07, 6.45) is -13.1. The molecule has 0 saturated heterocycles. The molecule has 0 aromatic carbocycles. The van der Waals surface area contributed by atoms with Crippen molar-refractivity contribution < 1.29 is 51.5 Å². The van der Waals surface area contributed by atoms with E-state index in [-0.39, 0.29) is 0 Å². The van der Waals surface area contributed by atoms with Gasteiger partial charge in [-0.1, -0.05) is 0 Å². The monoisotopic (exact) mass is 396 g/mol. The zero-order valence-corrected chi connectivity index (χ0v) is 13.1. The Bertz CT molecular complexity index is 500. The molecule has 0 aliphatic heterocycles. The van der Waals surface area contributed by atoms with Crippen LogP contribution in [0.5, 0.6) is 0 Å². The Labute approximate surface area is 129 Å². The topological polar surface area (TPSA) is 86.7 Å². The molecule has 0 N–H and O–H groups in total. The molecular weight excluding hydrogens is 382 g/mol. The van der Waals surface area contributed by atoms with Crippen LogP contribution in [0.3, 0.4) is 0 Å². The Balaban J connectivity index is 4.21. The van der Waals surface area contributed by atoms with E-state index in [4.69, 9.17) is 0 Å². The first kappa shape index (κ1) is 22.4. The fourth-order valence-corrected chi connectivity index (χ4v) is 3.86. The highest BCUT2D eigenvalue weighted by Gasteiger charge is 2.29. The molecular formula is C9H14F6O6S2. The highest BCUT2D eigenvalue weighted by Crippen LogP contribution is 2.22. The van der Waals surface area contributed by atoms with Gasteiger partial charge in [-0.2, -0.15) is 43.2 Å². The molecule has 0 rings (SSSR count). The molecule has 0 aliphatic carbocycles. The first-order chi connectivity index (χ1) is 10.1. The molecule has 140 valence electrons. The molecule has 0 aromatic rings. The molecule has 0 aliphatic rings. The van der Waals surface area contributed by atoms with Crippen LogP contribution in [0.1, 0.15) is 25.7 Å². The van der Waals surface area contributed by atoms with Crippen molar-refractivity contribution in [3.63, 3.8) is 0 Å². The predicted octanol–water partition coefficient (Wildman–Crippen LogP) is 2.32. The van der Waals surface area contributed by atoms with E-state index >= 15 is 0 Å². The summed E-state index contributed by atoms with van der Waals surface area (Å²) in [4.78, 5) is 0. The minimum Gasteiger partial charge on any atom is -0.269 e. The van der Waals surface area contributed by atoms with Gasteiger partial charge in [-0.15, -0.1) is 0 Å². The van der Waals surface area contributed by atoms with Gasteiger partial charge in [0, 0.05) is 12.8 Å². The lowest BCUT2D eigenvalue weighted by Gasteiger charge is -2.09. The molecule has 0 radical (unpaired) electrons. The van der Waals surface area contributed by atoms with E-state index in [0.29, 0.717) is 0 Å². The lowest BCUT2D eigenvalue weighted by Crippen LogP contribution is -2.22. The summed E-state index contributed by atoms with van der Waals surface area (Å²) in [7, 11) is -9.45. The third-order valence-electron chi connectivity index (χ3n) is 2.02. The van der Waals surface area contributed by atoms with E-state index < -0.39 is 76.6 Å². The molecule has 0 fully saturated rings. The fourth-order valence-electron chi connectivity index (χ4n) is 1.16. The van der Waals surface area contributed by atoms with Crippen molar-refractivity contribution in [2.75, 3.05) is 18.3 Å². The number of alkyl halides is 6. The SMILES string of the molecule is O=S(=O)(CS(=O)(=O)OCCCC(F)(F)F)OCCCC(F)(F)F. The van der Waals surface area contributed by atoms with E-state index in [0.717, 1.165) is 0 Å². The fraction of sp³-hybridized carbons (Fsp3) is 1.00. The molecule has 0 aromatic heterocycles. The van der Waals surface area contributed by atoms with Gasteiger partial charge in [-0.05, 0) is 12.8 Å². The number of hydrogen-bond acceptors (Lipinski definition) is 6. The molecule has 0 saturated carbocycles. The van der Waals surface area contributed by atoms with Crippen LogP contribution >= 0.6 is 0 Å². The van der Waals surface area contributed by atoms with Crippen LogP contribution in [0.4, 0.5) is 26.3 Å². The Morgan fingerprint density at radius 3 is 1.22 bits per heavy atom. The van der Waals surface area contributed by atoms with Crippen LogP contribution in [0.2, 0.25) is 0 Å². The average molecular weight is 396 g/mol. The van der Waals surface area contributed by atoms with Gasteiger partial charge in [0.15, 0.2) is 0 Å². The maximum absolute atomic E-state index is 11.8. The predicted molar refractivity (Wildman–Crippen MR) is 65.2 cm³/mol. The minimum atomic E-state index is -4.73. The van der Waals surface area contributed by atoms with Gasteiger partial charge in [0.1, 0.15) is 0 Å². The summed E-state index contributed by atoms with van der Waals surface area (Å²) in [5.74, 6) is 0. The van der Waals surface area contributed by atoms with Crippen LogP contribution in [0, 0.1) is 0 Å². The number of hydrogen-bond donors (Lipinski definition) is 0. The average Bonchev–Trinajstić information content (AvgIpc) is 2.27. The van der Waals surface area contributed by atoms with Gasteiger partial charge in [-0.25, -0.2) is 0 Å². The minimum absolute atomic E-state index is 0.699. The highest BCUT2D eigenvalue weighted by atomic mass is 32.3. The van der Waals surface area contributed by atoms with Gasteiger partial charge in [0.25, 0.3) is 20.2 Å². The molecule has 6 nitrogen and oxygen atoms in total. The summed E-state index contributed by atoms with van der Waals surface area (Å²) < 4.78 is 124. The summed E-state index contributed by atoms with van der Waals surface area (Å²) >= 11 is 0. The Kier molecular flexibility index (Phi) is 8.26. The molecule has 0 spiro atoms. The largest absolute Gasteiger partial charge is 0.389 e. The van der Waals surface area contributed by atoms with Crippen LogP contribution in [0.25, 0.3) is 0 Å². The van der Waals surface area contributed by atoms with Gasteiger partial charge in [-0.3, -0.25) is 8.37 Å². The van der Waals surface area contributed by atoms with E-state index in [9.17, 15) is 43.2 Å². The smallest absolute Gasteiger partial charge is 0.269 e. The number of halogens is 6. The second-order valence-corrected chi connectivity index (χ2v) is 7.96. The van der Waals surface area contributed by atoms with Crippen LogP contribution in [0.15, 0.2) is 0 Å². The van der Waals surface area contributed by atoms with E-state index in [1.807, 2.05) is 0 Å². The van der Waals surface area contributed by atoms with Gasteiger partial charge >= 0.3 is 12.4 Å². The Hall–Kier alpha value is -0.600. The standard InChI is InChI=1S/C9H14F6O6S2/c10-8(11,12)3-1-5-20-22(16,17)7-23(18,19)21-6-2-4-9(13,14)15/h1-7H2. The zero-order chi connectivity index (χ0) is 18.4. The van der Waals surface area contributed by atoms with Crippen molar-refractivity contribution in [3.8, 4) is 0 Å². The maximum atomic E-state index is 11.8. The highest BCUT2D eigenvalue weighted by molar-refractivity contribution is 8.03. The Morgan fingerprint density at radius 1 is 0.652 bits per heavy atom. The lowest BCUT2D eigenvalue weighted by atomic mass is 10.3. The molecule has 0 amide bonds. The second-order valence-electron chi connectivity index (χ2n) is 4.31. The van der Waals surface area contributed by atoms with Crippen molar-refractivity contribution in [1.29, 1.82) is 0 Å². The number of rotatable bonds is 10. The second kappa shape index (κ2) is 8.48. The maximum Gasteiger partial charge on any atom is 0.389 e. The van der Waals surface area contributed by atoms with Crippen LogP contribution in [-0.4, -0.2) is 47.5 Å². The van der Waals surface area contributed by atoms with Crippen molar-refractivity contribution >= 4 is 20.2 Å². The molecule has 0 unspecified atom stereocenters. The zero-order valence-electron chi connectivity index (χ0n) is 11.5. The van der Waals surface area contributed by atoms with Crippen molar-refractivity contribution in [3.05, 3.63) is 0 Å². The lowest BCUT2D eigenvalue weighted by molar-refractivity contribution is -0.137. The van der Waals surface area contributed by atoms with Gasteiger partial charge in [0.2, 0.25) is 5.08 Å². The van der Waals surface area contributed by atoms with Crippen molar-refractivity contribution in [2.45, 2.75) is 38.0 Å². The van der Waals surface area contributed by atoms with Gasteiger partial charge < -0.3 is 0 Å². The van der Waals surface area contributed by atoms with Gasteiger partial charge in [0.05, 0.1) is 13.2 Å². The molecule has 0 heterocycles. The van der Waals surface area contributed by atoms with E-state index in [1.54, 1.807) is 0 Å². The van der Waals surface area contributed by atoms with E-state index in [2.05, 4.69) is 8.37 Å². The third kappa shape index (κ3) is 14.7. The van der Waals surface area contributed by atoms with Crippen LogP contribution in [-0.2, 0) is 28.6 Å². The van der Waals surface area contributed by atoms with Crippen molar-refractivity contribution in [2.24, 2.45) is 0 Å². The third-order valence-corrected chi connectivity index (χ3v) is 5.38. The molecule has 14 heteroatoms. The quantitative estimate of drug-likeness (QED) is 0.320.